The lowest BCUT2D eigenvalue weighted by atomic mass is 9.86. The third-order valence-corrected chi connectivity index (χ3v) is 4.41. The van der Waals surface area contributed by atoms with Crippen LogP contribution in [-0.4, -0.2) is 34.0 Å². The monoisotopic (exact) mass is 279 g/mol. The second-order valence-corrected chi connectivity index (χ2v) is 5.31. The van der Waals surface area contributed by atoms with Gasteiger partial charge in [-0.25, -0.2) is 0 Å². The fourth-order valence-electron chi connectivity index (χ4n) is 3.35. The molecule has 1 aromatic rings. The van der Waals surface area contributed by atoms with Gasteiger partial charge in [-0.05, 0) is 37.6 Å². The van der Waals surface area contributed by atoms with E-state index >= 15 is 0 Å². The van der Waals surface area contributed by atoms with Crippen molar-refractivity contribution >= 4 is 0 Å². The molecule has 1 aliphatic rings. The maximum Gasteiger partial charge on any atom is 0.161 e. The highest BCUT2D eigenvalue weighted by atomic mass is 16.5. The van der Waals surface area contributed by atoms with Crippen LogP contribution in [0.4, 0.5) is 0 Å². The predicted octanol–water partition coefficient (Wildman–Crippen LogP) is 2.92. The first-order chi connectivity index (χ1) is 9.70. The van der Waals surface area contributed by atoms with Crippen LogP contribution in [0.5, 0.6) is 11.5 Å². The average Bonchev–Trinajstić information content (AvgIpc) is 2.97. The van der Waals surface area contributed by atoms with E-state index in [1.807, 2.05) is 26.3 Å². The maximum atomic E-state index is 5.90. The van der Waals surface area contributed by atoms with E-state index in [2.05, 4.69) is 11.4 Å². The quantitative estimate of drug-likeness (QED) is 0.869. The van der Waals surface area contributed by atoms with E-state index in [4.69, 9.17) is 14.2 Å². The lowest BCUT2D eigenvalue weighted by Crippen LogP contribution is -2.42. The Balaban J connectivity index is 2.36. The summed E-state index contributed by atoms with van der Waals surface area (Å²) >= 11 is 0. The first-order valence-corrected chi connectivity index (χ1v) is 7.15. The summed E-state index contributed by atoms with van der Waals surface area (Å²) in [4.78, 5) is 0. The Morgan fingerprint density at radius 3 is 2.20 bits per heavy atom. The van der Waals surface area contributed by atoms with Gasteiger partial charge in [0.2, 0.25) is 0 Å². The molecule has 2 rings (SSSR count). The van der Waals surface area contributed by atoms with E-state index in [9.17, 15) is 0 Å². The van der Waals surface area contributed by atoms with Crippen LogP contribution in [0.15, 0.2) is 18.2 Å². The number of benzene rings is 1. The van der Waals surface area contributed by atoms with Gasteiger partial charge in [0, 0.05) is 7.11 Å². The van der Waals surface area contributed by atoms with E-state index in [-0.39, 0.29) is 11.6 Å². The number of likely N-dealkylation sites (N-methyl/N-ethyl adjacent to an activating group) is 1. The van der Waals surface area contributed by atoms with Gasteiger partial charge in [0.15, 0.2) is 11.5 Å². The van der Waals surface area contributed by atoms with Gasteiger partial charge >= 0.3 is 0 Å². The summed E-state index contributed by atoms with van der Waals surface area (Å²) in [6.45, 7) is 0. The zero-order valence-electron chi connectivity index (χ0n) is 12.9. The summed E-state index contributed by atoms with van der Waals surface area (Å²) in [6, 6.07) is 6.24. The first-order valence-electron chi connectivity index (χ1n) is 7.15. The van der Waals surface area contributed by atoms with Crippen molar-refractivity contribution in [1.82, 2.24) is 5.32 Å². The molecule has 20 heavy (non-hydrogen) atoms. The van der Waals surface area contributed by atoms with Crippen molar-refractivity contribution < 1.29 is 14.2 Å². The number of hydrogen-bond donors (Lipinski definition) is 1. The van der Waals surface area contributed by atoms with E-state index in [0.717, 1.165) is 24.3 Å². The van der Waals surface area contributed by atoms with E-state index in [1.54, 1.807) is 14.2 Å². The molecule has 1 unspecified atom stereocenters. The van der Waals surface area contributed by atoms with Crippen molar-refractivity contribution in [3.05, 3.63) is 23.8 Å². The molecule has 1 fully saturated rings. The summed E-state index contributed by atoms with van der Waals surface area (Å²) in [5, 5.41) is 3.42. The molecule has 112 valence electrons. The summed E-state index contributed by atoms with van der Waals surface area (Å²) < 4.78 is 16.6. The van der Waals surface area contributed by atoms with Crippen LogP contribution < -0.4 is 14.8 Å². The maximum absolute atomic E-state index is 5.90. The largest absolute Gasteiger partial charge is 0.493 e. The molecule has 0 heterocycles. The molecule has 1 N–H and O–H groups in total. The molecule has 0 spiro atoms. The fraction of sp³-hybridized carbons (Fsp3) is 0.625. The Kier molecular flexibility index (Phi) is 4.89. The van der Waals surface area contributed by atoms with Crippen molar-refractivity contribution in [2.24, 2.45) is 0 Å². The number of methoxy groups -OCH3 is 3. The Morgan fingerprint density at radius 2 is 1.70 bits per heavy atom. The van der Waals surface area contributed by atoms with Crippen molar-refractivity contribution in [2.75, 3.05) is 28.4 Å². The van der Waals surface area contributed by atoms with Gasteiger partial charge in [0.25, 0.3) is 0 Å². The second kappa shape index (κ2) is 6.46. The van der Waals surface area contributed by atoms with Gasteiger partial charge in [-0.2, -0.15) is 0 Å². The molecular formula is C16H25NO3. The lowest BCUT2D eigenvalue weighted by molar-refractivity contribution is -0.0349. The van der Waals surface area contributed by atoms with Crippen molar-refractivity contribution in [1.29, 1.82) is 0 Å². The topological polar surface area (TPSA) is 39.7 Å². The highest BCUT2D eigenvalue weighted by Gasteiger charge is 2.41. The molecular weight excluding hydrogens is 254 g/mol. The molecule has 0 amide bonds. The molecule has 1 atom stereocenters. The zero-order valence-corrected chi connectivity index (χ0v) is 12.9. The Morgan fingerprint density at radius 1 is 1.05 bits per heavy atom. The predicted molar refractivity (Wildman–Crippen MR) is 79.6 cm³/mol. The molecule has 0 bridgehead atoms. The Hall–Kier alpha value is -1.26. The number of rotatable bonds is 6. The van der Waals surface area contributed by atoms with Crippen LogP contribution in [0.2, 0.25) is 0 Å². The van der Waals surface area contributed by atoms with Gasteiger partial charge in [-0.15, -0.1) is 0 Å². The van der Waals surface area contributed by atoms with E-state index < -0.39 is 0 Å². The minimum absolute atomic E-state index is 0.117. The summed E-state index contributed by atoms with van der Waals surface area (Å²) in [6.07, 6.45) is 4.62. The van der Waals surface area contributed by atoms with Gasteiger partial charge in [-0.3, -0.25) is 0 Å². The van der Waals surface area contributed by atoms with Crippen molar-refractivity contribution in [2.45, 2.75) is 37.3 Å². The third-order valence-electron chi connectivity index (χ3n) is 4.41. The molecule has 0 aliphatic heterocycles. The number of ether oxygens (including phenoxy) is 3. The smallest absolute Gasteiger partial charge is 0.161 e. The van der Waals surface area contributed by atoms with Crippen LogP contribution in [-0.2, 0) is 4.74 Å². The molecule has 4 heteroatoms. The molecule has 0 radical (unpaired) electrons. The highest BCUT2D eigenvalue weighted by molar-refractivity contribution is 5.44. The van der Waals surface area contributed by atoms with Crippen molar-refractivity contribution in [3.63, 3.8) is 0 Å². The molecule has 0 saturated heterocycles. The van der Waals surface area contributed by atoms with E-state index in [0.29, 0.717) is 0 Å². The van der Waals surface area contributed by atoms with Gasteiger partial charge < -0.3 is 19.5 Å². The molecule has 0 aromatic heterocycles. The summed E-state index contributed by atoms with van der Waals surface area (Å²) in [7, 11) is 7.12. The molecule has 1 saturated carbocycles. The highest BCUT2D eigenvalue weighted by Crippen LogP contribution is 2.43. The SMILES string of the molecule is CNC(c1ccc(OC)c(OC)c1)C1(OC)CCCC1. The van der Waals surface area contributed by atoms with Crippen LogP contribution in [0.3, 0.4) is 0 Å². The summed E-state index contributed by atoms with van der Waals surface area (Å²) in [5.41, 5.74) is 1.06. The standard InChI is InChI=1S/C16H25NO3/c1-17-15(16(20-4)9-5-6-10-16)12-7-8-13(18-2)14(11-12)19-3/h7-8,11,15,17H,5-6,9-10H2,1-4H3. The minimum atomic E-state index is -0.117. The van der Waals surface area contributed by atoms with Gasteiger partial charge in [0.05, 0.1) is 25.9 Å². The molecule has 1 aliphatic carbocycles. The Labute approximate surface area is 121 Å². The fourth-order valence-corrected chi connectivity index (χ4v) is 3.35. The molecule has 1 aromatic carbocycles. The normalized spacial score (nSPS) is 18.8. The second-order valence-electron chi connectivity index (χ2n) is 5.31. The van der Waals surface area contributed by atoms with Crippen LogP contribution >= 0.6 is 0 Å². The lowest BCUT2D eigenvalue weighted by Gasteiger charge is -2.36. The number of hydrogen-bond acceptors (Lipinski definition) is 4. The summed E-state index contributed by atoms with van der Waals surface area (Å²) in [5.74, 6) is 1.51. The van der Waals surface area contributed by atoms with Crippen LogP contribution in [0.1, 0.15) is 37.3 Å². The van der Waals surface area contributed by atoms with Crippen molar-refractivity contribution in [3.8, 4) is 11.5 Å². The van der Waals surface area contributed by atoms with Gasteiger partial charge in [-0.1, -0.05) is 18.9 Å². The van der Waals surface area contributed by atoms with E-state index in [1.165, 1.54) is 18.4 Å². The average molecular weight is 279 g/mol. The third kappa shape index (κ3) is 2.63. The number of nitrogens with one attached hydrogen (secondary N) is 1. The van der Waals surface area contributed by atoms with Crippen LogP contribution in [0.25, 0.3) is 0 Å². The van der Waals surface area contributed by atoms with Gasteiger partial charge in [0.1, 0.15) is 0 Å². The van der Waals surface area contributed by atoms with Crippen LogP contribution in [0, 0.1) is 0 Å². The minimum Gasteiger partial charge on any atom is -0.493 e. The molecule has 4 nitrogen and oxygen atoms in total. The Bertz CT molecular complexity index is 441. The zero-order chi connectivity index (χ0) is 14.6. The first kappa shape index (κ1) is 15.1.